The molecule has 2 nitrogen and oxygen atoms in total. The highest BCUT2D eigenvalue weighted by molar-refractivity contribution is 5.89. The lowest BCUT2D eigenvalue weighted by Crippen LogP contribution is -1.98. The topological polar surface area (TPSA) is 38.4 Å². The summed E-state index contributed by atoms with van der Waals surface area (Å²) in [6, 6.07) is 3.94. The molecule has 0 heterocycles. The molecule has 1 aromatic carbocycles. The zero-order chi connectivity index (χ0) is 11.1. The van der Waals surface area contributed by atoms with Crippen LogP contribution in [0.1, 0.15) is 30.5 Å². The molecule has 0 radical (unpaired) electrons. The molecule has 0 fully saturated rings. The van der Waals surface area contributed by atoms with Crippen LogP contribution in [0, 0.1) is 13.8 Å². The molecule has 0 aliphatic carbocycles. The van der Waals surface area contributed by atoms with Gasteiger partial charge < -0.3 is 5.73 Å². The molecule has 0 amide bonds. The van der Waals surface area contributed by atoms with Crippen molar-refractivity contribution in [2.75, 3.05) is 12.8 Å². The zero-order valence-corrected chi connectivity index (χ0v) is 9.76. The van der Waals surface area contributed by atoms with E-state index in [2.05, 4.69) is 18.8 Å². The number of anilines is 1. The minimum Gasteiger partial charge on any atom is -0.398 e. The van der Waals surface area contributed by atoms with Crippen LogP contribution < -0.4 is 5.73 Å². The molecule has 0 spiro atoms. The third kappa shape index (κ3) is 2.87. The maximum absolute atomic E-state index is 5.79. The molecule has 1 rings (SSSR count). The van der Waals surface area contributed by atoms with Gasteiger partial charge in [-0.1, -0.05) is 19.9 Å². The van der Waals surface area contributed by atoms with Crippen molar-refractivity contribution in [2.45, 2.75) is 27.7 Å². The molecule has 2 N–H and O–H groups in total. The van der Waals surface area contributed by atoms with Crippen LogP contribution in [0.25, 0.3) is 0 Å². The molecule has 0 aromatic heterocycles. The molecule has 0 bridgehead atoms. The summed E-state index contributed by atoms with van der Waals surface area (Å²) >= 11 is 0. The van der Waals surface area contributed by atoms with Gasteiger partial charge in [0.25, 0.3) is 0 Å². The van der Waals surface area contributed by atoms with Gasteiger partial charge in [-0.15, -0.1) is 0 Å². The second-order valence-corrected chi connectivity index (χ2v) is 2.90. The Balaban J connectivity index is 0.000000791. The van der Waals surface area contributed by atoms with E-state index in [9.17, 15) is 0 Å². The van der Waals surface area contributed by atoms with Crippen LogP contribution in [0.4, 0.5) is 5.69 Å². The first-order valence-electron chi connectivity index (χ1n) is 4.94. The standard InChI is InChI=1S/C10H14N2.C2H6/c1-7-4-5-10(11)9(6-12-3)8(7)2;1-2/h4-6H,11H2,1-3H3;1-2H3. The SMILES string of the molecule is CC.CN=Cc1c(N)ccc(C)c1C. The Hall–Kier alpha value is -1.31. The fraction of sp³-hybridized carbons (Fsp3) is 0.417. The van der Waals surface area contributed by atoms with Crippen molar-refractivity contribution in [3.05, 3.63) is 28.8 Å². The third-order valence-corrected chi connectivity index (χ3v) is 2.08. The average Bonchev–Trinajstić information content (AvgIpc) is 2.22. The second-order valence-electron chi connectivity index (χ2n) is 2.90. The van der Waals surface area contributed by atoms with Crippen molar-refractivity contribution in [2.24, 2.45) is 4.99 Å². The number of aliphatic imine (C=N–C) groups is 1. The average molecular weight is 192 g/mol. The van der Waals surface area contributed by atoms with E-state index in [0.717, 1.165) is 11.3 Å². The molecule has 0 unspecified atom stereocenters. The van der Waals surface area contributed by atoms with Crippen LogP contribution >= 0.6 is 0 Å². The van der Waals surface area contributed by atoms with E-state index in [0.29, 0.717) is 0 Å². The number of rotatable bonds is 1. The van der Waals surface area contributed by atoms with Crippen LogP contribution in [0.15, 0.2) is 17.1 Å². The van der Waals surface area contributed by atoms with Crippen molar-refractivity contribution >= 4 is 11.9 Å². The van der Waals surface area contributed by atoms with Crippen LogP contribution in [-0.4, -0.2) is 13.3 Å². The van der Waals surface area contributed by atoms with Gasteiger partial charge in [0.15, 0.2) is 0 Å². The Morgan fingerprint density at radius 2 is 1.79 bits per heavy atom. The largest absolute Gasteiger partial charge is 0.398 e. The Morgan fingerprint density at radius 3 is 2.29 bits per heavy atom. The molecule has 0 saturated carbocycles. The molecular weight excluding hydrogens is 172 g/mol. The molecule has 14 heavy (non-hydrogen) atoms. The fourth-order valence-electron chi connectivity index (χ4n) is 1.16. The first-order chi connectivity index (χ1) is 6.66. The Kier molecular flexibility index (Phi) is 5.61. The predicted molar refractivity (Wildman–Crippen MR) is 65.2 cm³/mol. The fourth-order valence-corrected chi connectivity index (χ4v) is 1.16. The van der Waals surface area contributed by atoms with Crippen LogP contribution in [0.2, 0.25) is 0 Å². The van der Waals surface area contributed by atoms with Gasteiger partial charge >= 0.3 is 0 Å². The van der Waals surface area contributed by atoms with Crippen molar-refractivity contribution in [3.63, 3.8) is 0 Å². The van der Waals surface area contributed by atoms with E-state index in [1.165, 1.54) is 11.1 Å². The predicted octanol–water partition coefficient (Wildman–Crippen LogP) is 2.96. The molecule has 0 aliphatic rings. The lowest BCUT2D eigenvalue weighted by Gasteiger charge is -2.06. The Labute approximate surface area is 86.9 Å². The number of aryl methyl sites for hydroxylation is 1. The number of nitrogen functional groups attached to an aromatic ring is 1. The van der Waals surface area contributed by atoms with Crippen molar-refractivity contribution in [1.29, 1.82) is 0 Å². The Morgan fingerprint density at radius 1 is 1.21 bits per heavy atom. The summed E-state index contributed by atoms with van der Waals surface area (Å²) < 4.78 is 0. The quantitative estimate of drug-likeness (QED) is 0.539. The number of hydrogen-bond donors (Lipinski definition) is 1. The highest BCUT2D eigenvalue weighted by atomic mass is 14.6. The van der Waals surface area contributed by atoms with Gasteiger partial charge in [-0.3, -0.25) is 4.99 Å². The number of nitrogens with two attached hydrogens (primary N) is 1. The summed E-state index contributed by atoms with van der Waals surface area (Å²) in [7, 11) is 1.75. The van der Waals surface area contributed by atoms with E-state index in [1.54, 1.807) is 13.3 Å². The minimum atomic E-state index is 0.795. The van der Waals surface area contributed by atoms with Gasteiger partial charge in [0.05, 0.1) is 0 Å². The van der Waals surface area contributed by atoms with Crippen molar-refractivity contribution in [3.8, 4) is 0 Å². The van der Waals surface area contributed by atoms with Gasteiger partial charge in [-0.2, -0.15) is 0 Å². The number of nitrogens with zero attached hydrogens (tertiary/aromatic N) is 1. The molecule has 0 aliphatic heterocycles. The van der Waals surface area contributed by atoms with Crippen LogP contribution in [-0.2, 0) is 0 Å². The summed E-state index contributed by atoms with van der Waals surface area (Å²) in [6.07, 6.45) is 1.80. The Bertz CT molecular complexity index is 314. The van der Waals surface area contributed by atoms with E-state index in [4.69, 9.17) is 5.73 Å². The molecule has 2 heteroatoms. The van der Waals surface area contributed by atoms with Gasteiger partial charge in [0.2, 0.25) is 0 Å². The molecule has 0 saturated heterocycles. The first-order valence-corrected chi connectivity index (χ1v) is 4.94. The lowest BCUT2D eigenvalue weighted by atomic mass is 10.0. The molecule has 78 valence electrons. The summed E-state index contributed by atoms with van der Waals surface area (Å²) in [5.74, 6) is 0. The van der Waals surface area contributed by atoms with Gasteiger partial charge in [0, 0.05) is 24.5 Å². The van der Waals surface area contributed by atoms with Crippen LogP contribution in [0.3, 0.4) is 0 Å². The van der Waals surface area contributed by atoms with E-state index < -0.39 is 0 Å². The van der Waals surface area contributed by atoms with E-state index in [-0.39, 0.29) is 0 Å². The highest BCUT2D eigenvalue weighted by Crippen LogP contribution is 2.17. The maximum Gasteiger partial charge on any atom is 0.0405 e. The van der Waals surface area contributed by atoms with Crippen molar-refractivity contribution < 1.29 is 0 Å². The van der Waals surface area contributed by atoms with Crippen molar-refractivity contribution in [1.82, 2.24) is 0 Å². The number of benzene rings is 1. The first kappa shape index (κ1) is 12.7. The third-order valence-electron chi connectivity index (χ3n) is 2.08. The van der Waals surface area contributed by atoms with E-state index >= 15 is 0 Å². The minimum absolute atomic E-state index is 0.795. The molecular formula is C12H20N2. The summed E-state index contributed by atoms with van der Waals surface area (Å²) in [6.45, 7) is 8.13. The summed E-state index contributed by atoms with van der Waals surface area (Å²) in [5, 5.41) is 0. The maximum atomic E-state index is 5.79. The van der Waals surface area contributed by atoms with Gasteiger partial charge in [-0.25, -0.2) is 0 Å². The monoisotopic (exact) mass is 192 g/mol. The van der Waals surface area contributed by atoms with Gasteiger partial charge in [-0.05, 0) is 31.0 Å². The zero-order valence-electron chi connectivity index (χ0n) is 9.76. The highest BCUT2D eigenvalue weighted by Gasteiger charge is 2.01. The number of hydrogen-bond acceptors (Lipinski definition) is 2. The summed E-state index contributed by atoms with van der Waals surface area (Å²) in [4.78, 5) is 3.96. The second kappa shape index (κ2) is 6.19. The summed E-state index contributed by atoms with van der Waals surface area (Å²) in [5.41, 5.74) is 10.1. The normalized spacial score (nSPS) is 9.79. The molecule has 1 aromatic rings. The molecule has 0 atom stereocenters. The van der Waals surface area contributed by atoms with E-state index in [1.807, 2.05) is 26.0 Å². The van der Waals surface area contributed by atoms with Crippen LogP contribution in [0.5, 0.6) is 0 Å². The van der Waals surface area contributed by atoms with Gasteiger partial charge in [0.1, 0.15) is 0 Å². The lowest BCUT2D eigenvalue weighted by molar-refractivity contribution is 1.32. The smallest absolute Gasteiger partial charge is 0.0405 e.